The molecule has 1 aromatic carbocycles. The molecule has 2 aromatic rings. The number of alkyl halides is 1. The van der Waals surface area contributed by atoms with Gasteiger partial charge in [0.25, 0.3) is 0 Å². The van der Waals surface area contributed by atoms with Crippen LogP contribution in [0.5, 0.6) is 5.75 Å². The smallest absolute Gasteiger partial charge is 0.120 e. The van der Waals surface area contributed by atoms with Gasteiger partial charge in [-0.2, -0.15) is 11.3 Å². The van der Waals surface area contributed by atoms with E-state index in [2.05, 4.69) is 21.3 Å². The maximum Gasteiger partial charge on any atom is 0.120 e. The number of ether oxygens (including phenoxy) is 1. The molecule has 4 heteroatoms. The molecule has 0 saturated carbocycles. The van der Waals surface area contributed by atoms with Gasteiger partial charge in [-0.15, -0.1) is 11.6 Å². The largest absolute Gasteiger partial charge is 0.497 e. The zero-order valence-corrected chi connectivity index (χ0v) is 11.8. The van der Waals surface area contributed by atoms with E-state index in [1.807, 2.05) is 29.6 Å². The number of hydrogen-bond donors (Lipinski definition) is 0. The summed E-state index contributed by atoms with van der Waals surface area (Å²) in [6.07, 6.45) is 0. The molecule has 0 radical (unpaired) electrons. The molecule has 0 aliphatic carbocycles. The molecular formula is C12H10BrClOS. The predicted molar refractivity (Wildman–Crippen MR) is 72.7 cm³/mol. The van der Waals surface area contributed by atoms with E-state index in [0.29, 0.717) is 0 Å². The van der Waals surface area contributed by atoms with Gasteiger partial charge in [-0.05, 0) is 40.1 Å². The second-order valence-electron chi connectivity index (χ2n) is 3.31. The van der Waals surface area contributed by atoms with Gasteiger partial charge >= 0.3 is 0 Å². The summed E-state index contributed by atoms with van der Waals surface area (Å²) in [5.74, 6) is 0.824. The van der Waals surface area contributed by atoms with Crippen LogP contribution >= 0.6 is 38.9 Å². The Morgan fingerprint density at radius 3 is 2.75 bits per heavy atom. The highest BCUT2D eigenvalue weighted by Gasteiger charge is 2.14. The zero-order chi connectivity index (χ0) is 11.5. The lowest BCUT2D eigenvalue weighted by Crippen LogP contribution is -1.93. The third kappa shape index (κ3) is 2.42. The molecule has 1 atom stereocenters. The molecule has 0 aliphatic heterocycles. The molecule has 2 rings (SSSR count). The van der Waals surface area contributed by atoms with Gasteiger partial charge in [-0.1, -0.05) is 22.0 Å². The minimum absolute atomic E-state index is 0.119. The van der Waals surface area contributed by atoms with Gasteiger partial charge in [-0.25, -0.2) is 0 Å². The van der Waals surface area contributed by atoms with Crippen LogP contribution in [-0.4, -0.2) is 7.11 Å². The van der Waals surface area contributed by atoms with Crippen molar-refractivity contribution >= 4 is 38.9 Å². The Hall–Kier alpha value is -0.510. The van der Waals surface area contributed by atoms with Gasteiger partial charge in [0.05, 0.1) is 12.5 Å². The van der Waals surface area contributed by atoms with E-state index < -0.39 is 0 Å². The number of methoxy groups -OCH3 is 1. The molecule has 0 saturated heterocycles. The van der Waals surface area contributed by atoms with Crippen molar-refractivity contribution in [3.63, 3.8) is 0 Å². The Bertz CT molecular complexity index is 470. The zero-order valence-electron chi connectivity index (χ0n) is 8.61. The Balaban J connectivity index is 2.34. The summed E-state index contributed by atoms with van der Waals surface area (Å²) in [5.41, 5.74) is 2.18. The van der Waals surface area contributed by atoms with E-state index in [1.165, 1.54) is 0 Å². The monoisotopic (exact) mass is 316 g/mol. The van der Waals surface area contributed by atoms with Crippen molar-refractivity contribution in [1.82, 2.24) is 0 Å². The number of rotatable bonds is 3. The number of thiophene rings is 1. The van der Waals surface area contributed by atoms with E-state index >= 15 is 0 Å². The molecule has 1 heterocycles. The van der Waals surface area contributed by atoms with E-state index in [9.17, 15) is 0 Å². The molecular weight excluding hydrogens is 308 g/mol. The minimum Gasteiger partial charge on any atom is -0.497 e. The lowest BCUT2D eigenvalue weighted by atomic mass is 10.1. The molecule has 1 nitrogen and oxygen atoms in total. The summed E-state index contributed by atoms with van der Waals surface area (Å²) in [4.78, 5) is 0. The van der Waals surface area contributed by atoms with Crippen molar-refractivity contribution in [2.24, 2.45) is 0 Å². The van der Waals surface area contributed by atoms with Crippen LogP contribution in [0.2, 0.25) is 0 Å². The summed E-state index contributed by atoms with van der Waals surface area (Å²) in [7, 11) is 1.65. The fourth-order valence-electron chi connectivity index (χ4n) is 1.44. The third-order valence-electron chi connectivity index (χ3n) is 2.32. The van der Waals surface area contributed by atoms with Crippen LogP contribution < -0.4 is 4.74 Å². The van der Waals surface area contributed by atoms with Crippen molar-refractivity contribution in [2.75, 3.05) is 7.11 Å². The number of hydrogen-bond acceptors (Lipinski definition) is 2. The number of benzene rings is 1. The molecule has 0 N–H and O–H groups in total. The van der Waals surface area contributed by atoms with E-state index in [-0.39, 0.29) is 5.38 Å². The average molecular weight is 318 g/mol. The molecule has 16 heavy (non-hydrogen) atoms. The molecule has 84 valence electrons. The van der Waals surface area contributed by atoms with Gasteiger partial charge < -0.3 is 4.74 Å². The van der Waals surface area contributed by atoms with E-state index in [4.69, 9.17) is 16.3 Å². The van der Waals surface area contributed by atoms with Crippen LogP contribution in [0.1, 0.15) is 16.5 Å². The van der Waals surface area contributed by atoms with Crippen molar-refractivity contribution in [1.29, 1.82) is 0 Å². The fourth-order valence-corrected chi connectivity index (χ4v) is 3.24. The first-order valence-electron chi connectivity index (χ1n) is 4.72. The summed E-state index contributed by atoms with van der Waals surface area (Å²) >= 11 is 11.6. The SMILES string of the molecule is COc1ccc(C(Cl)c2ccsc2)c(Br)c1. The molecule has 1 aromatic heterocycles. The van der Waals surface area contributed by atoms with Crippen LogP contribution in [0.3, 0.4) is 0 Å². The predicted octanol–water partition coefficient (Wildman–Crippen LogP) is 4.85. The molecule has 0 aliphatic rings. The maximum atomic E-state index is 6.41. The molecule has 0 bridgehead atoms. The minimum atomic E-state index is -0.119. The van der Waals surface area contributed by atoms with Gasteiger partial charge in [0.15, 0.2) is 0 Å². The lowest BCUT2D eigenvalue weighted by molar-refractivity contribution is 0.414. The third-order valence-corrected chi connectivity index (χ3v) is 4.19. The van der Waals surface area contributed by atoms with Crippen LogP contribution in [-0.2, 0) is 0 Å². The van der Waals surface area contributed by atoms with Gasteiger partial charge in [0.2, 0.25) is 0 Å². The first-order valence-corrected chi connectivity index (χ1v) is 6.89. The van der Waals surface area contributed by atoms with Crippen molar-refractivity contribution < 1.29 is 4.74 Å². The molecule has 1 unspecified atom stereocenters. The normalized spacial score (nSPS) is 12.4. The first kappa shape index (κ1) is 12.0. The quantitative estimate of drug-likeness (QED) is 0.736. The van der Waals surface area contributed by atoms with Crippen molar-refractivity contribution in [3.05, 3.63) is 50.6 Å². The first-order chi connectivity index (χ1) is 7.72. The van der Waals surface area contributed by atoms with Crippen LogP contribution in [0, 0.1) is 0 Å². The molecule has 0 spiro atoms. The molecule has 0 amide bonds. The van der Waals surface area contributed by atoms with Crippen molar-refractivity contribution in [3.8, 4) is 5.75 Å². The Kier molecular flexibility index (Phi) is 3.90. The summed E-state index contributed by atoms with van der Waals surface area (Å²) in [6, 6.07) is 7.87. The fraction of sp³-hybridized carbons (Fsp3) is 0.167. The second kappa shape index (κ2) is 5.21. The summed E-state index contributed by atoms with van der Waals surface area (Å²) in [6.45, 7) is 0. The van der Waals surface area contributed by atoms with Crippen LogP contribution in [0.4, 0.5) is 0 Å². The Labute approximate surface area is 112 Å². The highest BCUT2D eigenvalue weighted by Crippen LogP contribution is 2.36. The second-order valence-corrected chi connectivity index (χ2v) is 5.38. The average Bonchev–Trinajstić information content (AvgIpc) is 2.81. The Morgan fingerprint density at radius 2 is 2.19 bits per heavy atom. The van der Waals surface area contributed by atoms with Crippen LogP contribution in [0.15, 0.2) is 39.5 Å². The highest BCUT2D eigenvalue weighted by molar-refractivity contribution is 9.10. The summed E-state index contributed by atoms with van der Waals surface area (Å²) < 4.78 is 6.12. The van der Waals surface area contributed by atoms with Gasteiger partial charge in [0, 0.05) is 4.47 Å². The lowest BCUT2D eigenvalue weighted by Gasteiger charge is -2.11. The van der Waals surface area contributed by atoms with E-state index in [0.717, 1.165) is 21.3 Å². The van der Waals surface area contributed by atoms with Gasteiger partial charge in [0.1, 0.15) is 5.75 Å². The van der Waals surface area contributed by atoms with E-state index in [1.54, 1.807) is 18.4 Å². The van der Waals surface area contributed by atoms with Crippen molar-refractivity contribution in [2.45, 2.75) is 5.38 Å². The summed E-state index contributed by atoms with van der Waals surface area (Å²) in [5, 5.41) is 3.97. The van der Waals surface area contributed by atoms with Crippen LogP contribution in [0.25, 0.3) is 0 Å². The Morgan fingerprint density at radius 1 is 1.38 bits per heavy atom. The number of halogens is 2. The standard InChI is InChI=1S/C12H10BrClOS/c1-15-9-2-3-10(11(13)6-9)12(14)8-4-5-16-7-8/h2-7,12H,1H3. The highest BCUT2D eigenvalue weighted by atomic mass is 79.9. The molecule has 0 fully saturated rings. The maximum absolute atomic E-state index is 6.41. The topological polar surface area (TPSA) is 9.23 Å². The van der Waals surface area contributed by atoms with Gasteiger partial charge in [-0.3, -0.25) is 0 Å².